The highest BCUT2D eigenvalue weighted by Gasteiger charge is 2.15. The molecule has 0 aliphatic rings. The number of aliphatic carboxylic acids is 1. The highest BCUT2D eigenvalue weighted by molar-refractivity contribution is 9.11. The zero-order valence-corrected chi connectivity index (χ0v) is 18.8. The molecule has 0 saturated carbocycles. The third-order valence-corrected chi connectivity index (χ3v) is 5.09. The summed E-state index contributed by atoms with van der Waals surface area (Å²) in [6.07, 6.45) is 0.955. The SMILES string of the molecule is CS(=O)(=O)Nc1cc(F)cc(COc2c(Br)cc(C(=O)NCC(=O)O)cc2Br)c1. The Balaban J connectivity index is 2.17. The number of carboxylic acids is 1. The van der Waals surface area contributed by atoms with Crippen molar-refractivity contribution in [2.45, 2.75) is 6.61 Å². The number of hydrogen-bond donors (Lipinski definition) is 3. The number of rotatable bonds is 8. The summed E-state index contributed by atoms with van der Waals surface area (Å²) in [5, 5.41) is 10.9. The molecule has 3 N–H and O–H groups in total. The van der Waals surface area contributed by atoms with E-state index in [0.29, 0.717) is 20.3 Å². The average Bonchev–Trinajstić information content (AvgIpc) is 2.56. The second kappa shape index (κ2) is 9.55. The molecule has 0 heterocycles. The minimum Gasteiger partial charge on any atom is -0.487 e. The lowest BCUT2D eigenvalue weighted by Crippen LogP contribution is -2.29. The number of carbonyl (C=O) groups excluding carboxylic acids is 1. The minimum atomic E-state index is -3.56. The van der Waals surface area contributed by atoms with Gasteiger partial charge in [-0.1, -0.05) is 0 Å². The van der Waals surface area contributed by atoms with Gasteiger partial charge >= 0.3 is 5.97 Å². The number of hydrogen-bond acceptors (Lipinski definition) is 5. The molecule has 0 radical (unpaired) electrons. The third-order valence-electron chi connectivity index (χ3n) is 3.30. The first kappa shape index (κ1) is 23.1. The van der Waals surface area contributed by atoms with Gasteiger partial charge in [-0.2, -0.15) is 0 Å². The van der Waals surface area contributed by atoms with Crippen molar-refractivity contribution in [1.82, 2.24) is 5.32 Å². The average molecular weight is 554 g/mol. The summed E-state index contributed by atoms with van der Waals surface area (Å²) in [4.78, 5) is 22.5. The monoisotopic (exact) mass is 552 g/mol. The van der Waals surface area contributed by atoms with Crippen LogP contribution in [-0.4, -0.2) is 38.2 Å². The van der Waals surface area contributed by atoms with Crippen LogP contribution in [0.2, 0.25) is 0 Å². The van der Waals surface area contributed by atoms with Gasteiger partial charge in [-0.25, -0.2) is 12.8 Å². The van der Waals surface area contributed by atoms with E-state index in [1.54, 1.807) is 0 Å². The Morgan fingerprint density at radius 1 is 1.14 bits per heavy atom. The van der Waals surface area contributed by atoms with Gasteiger partial charge in [-0.15, -0.1) is 0 Å². The molecule has 0 unspecified atom stereocenters. The van der Waals surface area contributed by atoms with E-state index in [0.717, 1.165) is 12.3 Å². The van der Waals surface area contributed by atoms with E-state index in [-0.39, 0.29) is 17.9 Å². The van der Waals surface area contributed by atoms with Crippen LogP contribution >= 0.6 is 31.9 Å². The zero-order chi connectivity index (χ0) is 21.8. The Hall–Kier alpha value is -2.18. The summed E-state index contributed by atoms with van der Waals surface area (Å²) >= 11 is 6.54. The Labute approximate surface area is 182 Å². The maximum absolute atomic E-state index is 13.8. The van der Waals surface area contributed by atoms with E-state index in [2.05, 4.69) is 41.9 Å². The first-order chi connectivity index (χ1) is 13.4. The fraction of sp³-hybridized carbons (Fsp3) is 0.176. The van der Waals surface area contributed by atoms with E-state index >= 15 is 0 Å². The van der Waals surface area contributed by atoms with Crippen molar-refractivity contribution in [3.8, 4) is 5.75 Å². The quantitative estimate of drug-likeness (QED) is 0.462. The molecule has 0 aliphatic carbocycles. The van der Waals surface area contributed by atoms with Crippen LogP contribution in [-0.2, 0) is 21.4 Å². The lowest BCUT2D eigenvalue weighted by atomic mass is 10.2. The van der Waals surface area contributed by atoms with Crippen molar-refractivity contribution < 1.29 is 32.2 Å². The van der Waals surface area contributed by atoms with Crippen LogP contribution in [0.4, 0.5) is 10.1 Å². The number of halogens is 3. The number of carboxylic acid groups (broad SMARTS) is 1. The summed E-state index contributed by atoms with van der Waals surface area (Å²) in [5.74, 6) is -2.07. The lowest BCUT2D eigenvalue weighted by molar-refractivity contribution is -0.135. The number of sulfonamides is 1. The molecule has 8 nitrogen and oxygen atoms in total. The normalized spacial score (nSPS) is 11.0. The number of nitrogens with one attached hydrogen (secondary N) is 2. The number of carbonyl (C=O) groups is 2. The molecule has 0 spiro atoms. The second-order valence-corrected chi connectivity index (χ2v) is 9.31. The van der Waals surface area contributed by atoms with Crippen molar-refractivity contribution in [2.24, 2.45) is 0 Å². The topological polar surface area (TPSA) is 122 Å². The predicted molar refractivity (Wildman–Crippen MR) is 111 cm³/mol. The van der Waals surface area contributed by atoms with Gasteiger partial charge in [0.05, 0.1) is 20.9 Å². The highest BCUT2D eigenvalue weighted by Crippen LogP contribution is 2.35. The summed E-state index contributed by atoms with van der Waals surface area (Å²) in [6.45, 7) is -0.603. The maximum Gasteiger partial charge on any atom is 0.322 e. The van der Waals surface area contributed by atoms with E-state index < -0.39 is 34.3 Å². The zero-order valence-electron chi connectivity index (χ0n) is 14.8. The van der Waals surface area contributed by atoms with E-state index in [4.69, 9.17) is 9.84 Å². The number of amides is 1. The molecule has 2 rings (SSSR count). The van der Waals surface area contributed by atoms with Crippen molar-refractivity contribution in [1.29, 1.82) is 0 Å². The molecule has 2 aromatic rings. The van der Waals surface area contributed by atoms with Crippen LogP contribution < -0.4 is 14.8 Å². The van der Waals surface area contributed by atoms with Gasteiger partial charge in [0.2, 0.25) is 10.0 Å². The van der Waals surface area contributed by atoms with Crippen LogP contribution in [0.5, 0.6) is 5.75 Å². The smallest absolute Gasteiger partial charge is 0.322 e. The molecule has 0 fully saturated rings. The summed E-state index contributed by atoms with van der Waals surface area (Å²) in [5.41, 5.74) is 0.635. The van der Waals surface area contributed by atoms with Crippen LogP contribution in [0, 0.1) is 5.82 Å². The second-order valence-electron chi connectivity index (χ2n) is 5.86. The Morgan fingerprint density at radius 3 is 2.31 bits per heavy atom. The highest BCUT2D eigenvalue weighted by atomic mass is 79.9. The molecule has 1 amide bonds. The van der Waals surface area contributed by atoms with E-state index in [9.17, 15) is 22.4 Å². The van der Waals surface area contributed by atoms with Crippen LogP contribution in [0.25, 0.3) is 0 Å². The molecule has 156 valence electrons. The molecule has 0 atom stereocenters. The number of anilines is 1. The van der Waals surface area contributed by atoms with Gasteiger partial charge in [0.25, 0.3) is 5.91 Å². The Morgan fingerprint density at radius 2 is 1.76 bits per heavy atom. The number of ether oxygens (including phenoxy) is 1. The molecular weight excluding hydrogens is 539 g/mol. The summed E-state index contributed by atoms with van der Waals surface area (Å²) in [6, 6.07) is 6.56. The summed E-state index contributed by atoms with van der Waals surface area (Å²) in [7, 11) is -3.56. The van der Waals surface area contributed by atoms with Gasteiger partial charge in [0.15, 0.2) is 0 Å². The molecule has 2 aromatic carbocycles. The van der Waals surface area contributed by atoms with E-state index in [1.807, 2.05) is 0 Å². The molecule has 0 saturated heterocycles. The molecule has 0 aromatic heterocycles. The van der Waals surface area contributed by atoms with Gasteiger partial charge < -0.3 is 15.2 Å². The van der Waals surface area contributed by atoms with Gasteiger partial charge in [0.1, 0.15) is 24.7 Å². The first-order valence-corrected chi connectivity index (χ1v) is 11.3. The first-order valence-electron chi connectivity index (χ1n) is 7.83. The van der Waals surface area contributed by atoms with Gasteiger partial charge in [-0.05, 0) is 67.8 Å². The van der Waals surface area contributed by atoms with Crippen molar-refractivity contribution in [3.63, 3.8) is 0 Å². The van der Waals surface area contributed by atoms with Crippen molar-refractivity contribution in [3.05, 3.63) is 56.2 Å². The van der Waals surface area contributed by atoms with Crippen LogP contribution in [0.15, 0.2) is 39.3 Å². The summed E-state index contributed by atoms with van der Waals surface area (Å²) < 4.78 is 45.1. The largest absolute Gasteiger partial charge is 0.487 e. The Bertz CT molecular complexity index is 1040. The minimum absolute atomic E-state index is 0.0645. The maximum atomic E-state index is 13.8. The van der Waals surface area contributed by atoms with Gasteiger partial charge in [-0.3, -0.25) is 14.3 Å². The van der Waals surface area contributed by atoms with Crippen LogP contribution in [0.1, 0.15) is 15.9 Å². The van der Waals surface area contributed by atoms with E-state index in [1.165, 1.54) is 24.3 Å². The van der Waals surface area contributed by atoms with Crippen molar-refractivity contribution in [2.75, 3.05) is 17.5 Å². The van der Waals surface area contributed by atoms with Gasteiger partial charge in [0, 0.05) is 5.56 Å². The Kier molecular flexibility index (Phi) is 7.60. The molecule has 12 heteroatoms. The molecule has 0 bridgehead atoms. The van der Waals surface area contributed by atoms with Crippen molar-refractivity contribution >= 4 is 59.4 Å². The predicted octanol–water partition coefficient (Wildman–Crippen LogP) is 3.12. The fourth-order valence-electron chi connectivity index (χ4n) is 2.25. The third kappa shape index (κ3) is 7.29. The lowest BCUT2D eigenvalue weighted by Gasteiger charge is -2.13. The fourth-order valence-corrected chi connectivity index (χ4v) is 4.21. The number of benzene rings is 2. The molecule has 29 heavy (non-hydrogen) atoms. The molecular formula is C17H15Br2FN2O6S. The molecule has 0 aliphatic heterocycles. The van der Waals surface area contributed by atoms with Crippen LogP contribution in [0.3, 0.4) is 0 Å². The standard InChI is InChI=1S/C17H15Br2FN2O6S/c1-29(26,27)22-12-3-9(2-11(20)6-12)8-28-16-13(18)4-10(5-14(16)19)17(25)21-7-15(23)24/h2-6,22H,7-8H2,1H3,(H,21,25)(H,23,24).